The smallest absolute Gasteiger partial charge is 0.224 e. The van der Waals surface area contributed by atoms with E-state index in [-0.39, 0.29) is 11.8 Å². The van der Waals surface area contributed by atoms with Crippen LogP contribution in [0.25, 0.3) is 11.2 Å². The van der Waals surface area contributed by atoms with Crippen molar-refractivity contribution in [2.24, 2.45) is 5.92 Å². The second-order valence-corrected chi connectivity index (χ2v) is 10.2. The second-order valence-electron chi connectivity index (χ2n) is 10.2. The Hall–Kier alpha value is -3.00. The maximum Gasteiger partial charge on any atom is 0.224 e. The number of hydrogen-bond donors (Lipinski definition) is 1. The highest BCUT2D eigenvalue weighted by molar-refractivity contribution is 5.85. The van der Waals surface area contributed by atoms with Crippen LogP contribution in [0.1, 0.15) is 49.1 Å². The Labute approximate surface area is 206 Å². The highest BCUT2D eigenvalue weighted by Crippen LogP contribution is 2.29. The van der Waals surface area contributed by atoms with Crippen LogP contribution in [0.4, 0.5) is 5.82 Å². The van der Waals surface area contributed by atoms with E-state index in [0.717, 1.165) is 81.2 Å². The lowest BCUT2D eigenvalue weighted by Crippen LogP contribution is -2.45. The molecule has 2 aromatic heterocycles. The van der Waals surface area contributed by atoms with Gasteiger partial charge in [0.2, 0.25) is 5.91 Å². The highest BCUT2D eigenvalue weighted by atomic mass is 16.1. The highest BCUT2D eigenvalue weighted by Gasteiger charge is 2.29. The fourth-order valence-corrected chi connectivity index (χ4v) is 5.97. The van der Waals surface area contributed by atoms with Gasteiger partial charge in [0.05, 0.1) is 5.92 Å². The first-order chi connectivity index (χ1) is 17.3. The van der Waals surface area contributed by atoms with Crippen LogP contribution in [0, 0.1) is 5.92 Å². The van der Waals surface area contributed by atoms with E-state index < -0.39 is 0 Å². The third kappa shape index (κ3) is 4.63. The van der Waals surface area contributed by atoms with Crippen molar-refractivity contribution in [3.63, 3.8) is 0 Å². The Morgan fingerprint density at radius 1 is 1.00 bits per heavy atom. The number of carbonyl (C=O) groups excluding carboxylic acids is 1. The summed E-state index contributed by atoms with van der Waals surface area (Å²) in [5, 5.41) is 3.22. The maximum absolute atomic E-state index is 13.1. The minimum Gasteiger partial charge on any atom is -0.355 e. The molecule has 0 aliphatic carbocycles. The average Bonchev–Trinajstić information content (AvgIpc) is 3.09. The first kappa shape index (κ1) is 22.5. The largest absolute Gasteiger partial charge is 0.355 e. The molecule has 5 heterocycles. The third-order valence-electron chi connectivity index (χ3n) is 7.90. The van der Waals surface area contributed by atoms with E-state index in [2.05, 4.69) is 53.9 Å². The van der Waals surface area contributed by atoms with E-state index in [1.807, 2.05) is 0 Å². The SMILES string of the molecule is O=C(NCCN1CCc2ccccc2C1)[C@@H]1CCCN(c2ncnc3c2nc2n3CCCCC2)C1. The summed E-state index contributed by atoms with van der Waals surface area (Å²) < 4.78 is 2.28. The Morgan fingerprint density at radius 2 is 1.91 bits per heavy atom. The molecule has 1 aromatic carbocycles. The minimum absolute atomic E-state index is 0.0173. The number of benzene rings is 1. The monoisotopic (exact) mass is 473 g/mol. The summed E-state index contributed by atoms with van der Waals surface area (Å²) >= 11 is 0. The van der Waals surface area contributed by atoms with Gasteiger partial charge in [0.1, 0.15) is 12.2 Å². The Bertz CT molecular complexity index is 1210. The molecule has 6 rings (SSSR count). The molecule has 0 saturated carbocycles. The van der Waals surface area contributed by atoms with Crippen molar-refractivity contribution >= 4 is 22.9 Å². The third-order valence-corrected chi connectivity index (χ3v) is 7.90. The van der Waals surface area contributed by atoms with Gasteiger partial charge in [-0.05, 0) is 43.2 Å². The Balaban J connectivity index is 1.08. The molecule has 1 saturated heterocycles. The number of carbonyl (C=O) groups is 1. The molecule has 1 fully saturated rings. The summed E-state index contributed by atoms with van der Waals surface area (Å²) in [7, 11) is 0. The van der Waals surface area contributed by atoms with Crippen molar-refractivity contribution in [2.75, 3.05) is 37.6 Å². The van der Waals surface area contributed by atoms with Gasteiger partial charge in [0, 0.05) is 52.2 Å². The fraction of sp³-hybridized carbons (Fsp3) is 0.556. The molecule has 0 radical (unpaired) electrons. The van der Waals surface area contributed by atoms with Crippen LogP contribution in [0.15, 0.2) is 30.6 Å². The van der Waals surface area contributed by atoms with Gasteiger partial charge in [-0.15, -0.1) is 0 Å². The van der Waals surface area contributed by atoms with Crippen LogP contribution in [-0.2, 0) is 30.7 Å². The van der Waals surface area contributed by atoms with Gasteiger partial charge < -0.3 is 14.8 Å². The zero-order valence-corrected chi connectivity index (χ0v) is 20.5. The van der Waals surface area contributed by atoms with Gasteiger partial charge in [-0.1, -0.05) is 30.7 Å². The Kier molecular flexibility index (Phi) is 6.37. The summed E-state index contributed by atoms with van der Waals surface area (Å²) in [5.74, 6) is 2.17. The average molecular weight is 474 g/mol. The van der Waals surface area contributed by atoms with Crippen molar-refractivity contribution in [1.82, 2.24) is 29.7 Å². The number of rotatable bonds is 5. The minimum atomic E-state index is -0.0173. The molecule has 1 N–H and O–H groups in total. The normalized spacial score (nSPS) is 20.8. The van der Waals surface area contributed by atoms with Crippen LogP contribution in [0.5, 0.6) is 0 Å². The lowest BCUT2D eigenvalue weighted by Gasteiger charge is -2.33. The maximum atomic E-state index is 13.1. The second kappa shape index (κ2) is 9.93. The topological polar surface area (TPSA) is 79.2 Å². The first-order valence-electron chi connectivity index (χ1n) is 13.3. The van der Waals surface area contributed by atoms with Crippen LogP contribution in [-0.4, -0.2) is 63.0 Å². The number of aryl methyl sites for hydroxylation is 2. The van der Waals surface area contributed by atoms with Gasteiger partial charge >= 0.3 is 0 Å². The van der Waals surface area contributed by atoms with Gasteiger partial charge in [-0.3, -0.25) is 9.69 Å². The molecule has 1 amide bonds. The summed E-state index contributed by atoms with van der Waals surface area (Å²) in [6.45, 7) is 6.20. The first-order valence-corrected chi connectivity index (χ1v) is 13.3. The molecule has 3 aromatic rings. The molecule has 35 heavy (non-hydrogen) atoms. The molecule has 0 spiro atoms. The number of nitrogens with one attached hydrogen (secondary N) is 1. The summed E-state index contributed by atoms with van der Waals surface area (Å²) in [4.78, 5) is 31.9. The standard InChI is InChI=1S/C27H35N7O/c35-27(28-12-16-32-15-11-20-7-3-4-8-21(20)17-32)22-9-6-13-33(18-22)25-24-26(30-19-29-25)34-14-5-1-2-10-23(34)31-24/h3-4,7-8,19,22H,1-2,5-6,9-18H2,(H,28,35)/t22-/m1/s1. The van der Waals surface area contributed by atoms with Crippen molar-refractivity contribution < 1.29 is 4.79 Å². The number of imidazole rings is 1. The number of nitrogens with zero attached hydrogens (tertiary/aromatic N) is 6. The van der Waals surface area contributed by atoms with Crippen molar-refractivity contribution in [1.29, 1.82) is 0 Å². The molecule has 0 unspecified atom stereocenters. The van der Waals surface area contributed by atoms with Crippen LogP contribution < -0.4 is 10.2 Å². The predicted molar refractivity (Wildman–Crippen MR) is 136 cm³/mol. The molecule has 184 valence electrons. The van der Waals surface area contributed by atoms with E-state index in [9.17, 15) is 4.79 Å². The van der Waals surface area contributed by atoms with E-state index in [1.165, 1.54) is 30.4 Å². The van der Waals surface area contributed by atoms with Crippen LogP contribution in [0.3, 0.4) is 0 Å². The van der Waals surface area contributed by atoms with E-state index in [4.69, 9.17) is 4.98 Å². The lowest BCUT2D eigenvalue weighted by atomic mass is 9.97. The zero-order chi connectivity index (χ0) is 23.6. The van der Waals surface area contributed by atoms with E-state index in [1.54, 1.807) is 6.33 Å². The van der Waals surface area contributed by atoms with Gasteiger partial charge in [-0.2, -0.15) is 0 Å². The quantitative estimate of drug-likeness (QED) is 0.614. The number of hydrogen-bond acceptors (Lipinski definition) is 6. The summed E-state index contributed by atoms with van der Waals surface area (Å²) in [6, 6.07) is 8.69. The van der Waals surface area contributed by atoms with Gasteiger partial charge in [0.15, 0.2) is 17.0 Å². The van der Waals surface area contributed by atoms with Crippen molar-refractivity contribution in [3.05, 3.63) is 47.5 Å². The summed E-state index contributed by atoms with van der Waals surface area (Å²) in [5.41, 5.74) is 4.72. The van der Waals surface area contributed by atoms with Crippen molar-refractivity contribution in [2.45, 2.75) is 58.0 Å². The Morgan fingerprint density at radius 3 is 2.86 bits per heavy atom. The number of piperidine rings is 1. The lowest BCUT2D eigenvalue weighted by molar-refractivity contribution is -0.125. The zero-order valence-electron chi connectivity index (χ0n) is 20.5. The van der Waals surface area contributed by atoms with E-state index in [0.29, 0.717) is 13.1 Å². The van der Waals surface area contributed by atoms with Crippen LogP contribution in [0.2, 0.25) is 0 Å². The molecule has 3 aliphatic heterocycles. The molecule has 3 aliphatic rings. The molecular formula is C27H35N7O. The predicted octanol–water partition coefficient (Wildman–Crippen LogP) is 2.94. The number of aromatic nitrogens is 4. The molecule has 1 atom stereocenters. The number of fused-ring (bicyclic) bond motifs is 4. The number of anilines is 1. The molecular weight excluding hydrogens is 438 g/mol. The van der Waals surface area contributed by atoms with E-state index >= 15 is 0 Å². The van der Waals surface area contributed by atoms with Gasteiger partial charge in [0.25, 0.3) is 0 Å². The molecule has 8 nitrogen and oxygen atoms in total. The molecule has 0 bridgehead atoms. The summed E-state index contributed by atoms with van der Waals surface area (Å²) in [6.07, 6.45) is 9.27. The number of amides is 1. The van der Waals surface area contributed by atoms with Crippen molar-refractivity contribution in [3.8, 4) is 0 Å². The molecule has 8 heteroatoms. The fourth-order valence-electron chi connectivity index (χ4n) is 5.97. The van der Waals surface area contributed by atoms with Gasteiger partial charge in [-0.25, -0.2) is 15.0 Å². The van der Waals surface area contributed by atoms with Crippen LogP contribution >= 0.6 is 0 Å².